The number of ether oxygens (including phenoxy) is 1. The molecule has 1 fully saturated rings. The van der Waals surface area contributed by atoms with Crippen molar-refractivity contribution in [1.29, 1.82) is 0 Å². The molecule has 158 valence electrons. The monoisotopic (exact) mass is 403 g/mol. The summed E-state index contributed by atoms with van der Waals surface area (Å²) in [6.45, 7) is 5.54. The van der Waals surface area contributed by atoms with Crippen molar-refractivity contribution in [2.75, 3.05) is 6.61 Å². The van der Waals surface area contributed by atoms with Crippen LogP contribution in [0.15, 0.2) is 66.5 Å². The van der Waals surface area contributed by atoms with Gasteiger partial charge in [-0.15, -0.1) is 0 Å². The lowest BCUT2D eigenvalue weighted by Gasteiger charge is -2.42. The minimum absolute atomic E-state index is 0.0177. The van der Waals surface area contributed by atoms with Gasteiger partial charge >= 0.3 is 0 Å². The Balaban J connectivity index is 1.90. The predicted octanol–water partition coefficient (Wildman–Crippen LogP) is 3.34. The van der Waals surface area contributed by atoms with E-state index in [0.717, 1.165) is 17.2 Å². The molecule has 1 amide bonds. The molecule has 0 spiro atoms. The highest BCUT2D eigenvalue weighted by atomic mass is 19.1. The number of carbonyl (C=O) groups excluding carboxylic acids is 1. The Labute approximate surface area is 171 Å². The lowest BCUT2D eigenvalue weighted by atomic mass is 9.76. The van der Waals surface area contributed by atoms with Crippen LogP contribution in [0.1, 0.15) is 38.2 Å². The van der Waals surface area contributed by atoms with Gasteiger partial charge in [0.25, 0.3) is 5.91 Å². The Bertz CT molecular complexity index is 739. The topological polar surface area (TPSA) is 78.8 Å². The second kappa shape index (κ2) is 11.0. The Morgan fingerprint density at radius 1 is 1.38 bits per heavy atom. The average Bonchev–Trinajstić information content (AvgIpc) is 2.71. The number of nitrogens with one attached hydrogen (secondary N) is 1. The van der Waals surface area contributed by atoms with E-state index < -0.39 is 23.4 Å². The third-order valence-electron chi connectivity index (χ3n) is 5.09. The van der Waals surface area contributed by atoms with Crippen LogP contribution in [0.4, 0.5) is 4.39 Å². The van der Waals surface area contributed by atoms with Gasteiger partial charge in [-0.25, -0.2) is 4.39 Å². The molecule has 1 aliphatic rings. The SMILES string of the molecule is C=C/C(F)=C\C=C(/C)C(CCCO)NC(=O)C1(O)CC(OCc2ccccc2)C1. The lowest BCUT2D eigenvalue weighted by Crippen LogP contribution is -2.59. The molecule has 0 aromatic heterocycles. The first-order valence-electron chi connectivity index (χ1n) is 9.84. The third-order valence-corrected chi connectivity index (χ3v) is 5.09. The van der Waals surface area contributed by atoms with Gasteiger partial charge in [-0.3, -0.25) is 4.79 Å². The van der Waals surface area contributed by atoms with E-state index >= 15 is 0 Å². The quantitative estimate of drug-likeness (QED) is 0.495. The zero-order valence-corrected chi connectivity index (χ0v) is 16.8. The van der Waals surface area contributed by atoms with Gasteiger partial charge in [0.15, 0.2) is 0 Å². The molecule has 1 aromatic rings. The molecule has 6 heteroatoms. The lowest BCUT2D eigenvalue weighted by molar-refractivity contribution is -0.173. The van der Waals surface area contributed by atoms with Gasteiger partial charge in [-0.05, 0) is 37.5 Å². The fraction of sp³-hybridized carbons (Fsp3) is 0.435. The van der Waals surface area contributed by atoms with Crippen molar-refractivity contribution in [2.24, 2.45) is 0 Å². The van der Waals surface area contributed by atoms with Gasteiger partial charge in [-0.1, -0.05) is 48.6 Å². The van der Waals surface area contributed by atoms with Crippen molar-refractivity contribution in [3.63, 3.8) is 0 Å². The number of aliphatic hydroxyl groups is 2. The summed E-state index contributed by atoms with van der Waals surface area (Å²) in [7, 11) is 0. The first-order chi connectivity index (χ1) is 13.9. The number of amides is 1. The number of carbonyl (C=O) groups is 1. The zero-order valence-electron chi connectivity index (χ0n) is 16.8. The number of hydrogen-bond acceptors (Lipinski definition) is 4. The van der Waals surface area contributed by atoms with Crippen LogP contribution in [0.25, 0.3) is 0 Å². The number of aliphatic hydroxyl groups excluding tert-OH is 1. The van der Waals surface area contributed by atoms with E-state index in [1.165, 1.54) is 6.08 Å². The largest absolute Gasteiger partial charge is 0.396 e. The standard InChI is InChI=1S/C23H30FNO4/c1-3-19(24)12-11-17(2)21(10-7-13-26)25-22(27)23(28)14-20(15-23)29-16-18-8-5-4-6-9-18/h3-6,8-9,11-12,20-21,26,28H,1,7,10,13-16H2,2H3,(H,25,27)/b17-11+,19-12+. The summed E-state index contributed by atoms with van der Waals surface area (Å²) < 4.78 is 19.0. The van der Waals surface area contributed by atoms with Gasteiger partial charge < -0.3 is 20.3 Å². The highest BCUT2D eigenvalue weighted by Crippen LogP contribution is 2.35. The number of benzene rings is 1. The number of hydrogen-bond donors (Lipinski definition) is 3. The minimum Gasteiger partial charge on any atom is -0.396 e. The van der Waals surface area contributed by atoms with Crippen LogP contribution in [0, 0.1) is 0 Å². The summed E-state index contributed by atoms with van der Waals surface area (Å²) in [4.78, 5) is 12.6. The van der Waals surface area contributed by atoms with Gasteiger partial charge in [0.05, 0.1) is 18.8 Å². The molecule has 1 aromatic carbocycles. The van der Waals surface area contributed by atoms with Crippen molar-refractivity contribution in [2.45, 2.75) is 57.0 Å². The minimum atomic E-state index is -1.47. The van der Waals surface area contributed by atoms with Crippen molar-refractivity contribution >= 4 is 5.91 Å². The normalized spacial score (nSPS) is 23.2. The molecular formula is C23H30FNO4. The number of rotatable bonds is 11. The summed E-state index contributed by atoms with van der Waals surface area (Å²) in [5.74, 6) is -0.950. The molecule has 1 aliphatic carbocycles. The van der Waals surface area contributed by atoms with Crippen LogP contribution >= 0.6 is 0 Å². The van der Waals surface area contributed by atoms with Crippen molar-refractivity contribution < 1.29 is 24.1 Å². The van der Waals surface area contributed by atoms with Gasteiger partial charge in [0.2, 0.25) is 0 Å². The maximum absolute atomic E-state index is 13.3. The molecule has 1 saturated carbocycles. The molecular weight excluding hydrogens is 373 g/mol. The Kier molecular flexibility index (Phi) is 8.76. The molecule has 0 radical (unpaired) electrons. The van der Waals surface area contributed by atoms with Crippen molar-refractivity contribution in [3.8, 4) is 0 Å². The maximum atomic E-state index is 13.3. The zero-order chi connectivity index (χ0) is 21.3. The van der Waals surface area contributed by atoms with E-state index in [0.29, 0.717) is 19.4 Å². The number of allylic oxidation sites excluding steroid dienone is 4. The Morgan fingerprint density at radius 2 is 2.07 bits per heavy atom. The molecule has 3 N–H and O–H groups in total. The van der Waals surface area contributed by atoms with E-state index in [1.54, 1.807) is 13.0 Å². The second-order valence-corrected chi connectivity index (χ2v) is 7.42. The second-order valence-electron chi connectivity index (χ2n) is 7.42. The van der Waals surface area contributed by atoms with Crippen molar-refractivity contribution in [3.05, 3.63) is 72.1 Å². The van der Waals surface area contributed by atoms with E-state index in [9.17, 15) is 14.3 Å². The molecule has 0 heterocycles. The predicted molar refractivity (Wildman–Crippen MR) is 111 cm³/mol. The van der Waals surface area contributed by atoms with Crippen LogP contribution in [0.3, 0.4) is 0 Å². The smallest absolute Gasteiger partial charge is 0.252 e. The van der Waals surface area contributed by atoms with E-state index in [-0.39, 0.29) is 25.6 Å². The highest BCUT2D eigenvalue weighted by Gasteiger charge is 2.49. The van der Waals surface area contributed by atoms with Gasteiger partial charge in [0, 0.05) is 19.4 Å². The molecule has 1 atom stereocenters. The van der Waals surface area contributed by atoms with Gasteiger partial charge in [-0.2, -0.15) is 0 Å². The summed E-state index contributed by atoms with van der Waals surface area (Å²) in [6.07, 6.45) is 5.17. The molecule has 2 rings (SSSR count). The van der Waals surface area contributed by atoms with Crippen LogP contribution in [-0.4, -0.2) is 40.5 Å². The highest BCUT2D eigenvalue weighted by molar-refractivity contribution is 5.86. The number of halogens is 1. The first kappa shape index (κ1) is 23.0. The van der Waals surface area contributed by atoms with Crippen molar-refractivity contribution in [1.82, 2.24) is 5.32 Å². The van der Waals surface area contributed by atoms with Crippen LogP contribution < -0.4 is 5.32 Å². The molecule has 0 bridgehead atoms. The third kappa shape index (κ3) is 6.92. The molecule has 0 aliphatic heterocycles. The first-order valence-corrected chi connectivity index (χ1v) is 9.84. The summed E-state index contributed by atoms with van der Waals surface area (Å²) in [5, 5.41) is 22.5. The molecule has 5 nitrogen and oxygen atoms in total. The van der Waals surface area contributed by atoms with E-state index in [1.807, 2.05) is 30.3 Å². The maximum Gasteiger partial charge on any atom is 0.252 e. The summed E-state index contributed by atoms with van der Waals surface area (Å²) in [5.41, 5.74) is 0.294. The average molecular weight is 403 g/mol. The van der Waals surface area contributed by atoms with Crippen LogP contribution in [0.2, 0.25) is 0 Å². The van der Waals surface area contributed by atoms with Crippen LogP contribution in [0.5, 0.6) is 0 Å². The van der Waals surface area contributed by atoms with Gasteiger partial charge in [0.1, 0.15) is 11.4 Å². The Hall–Kier alpha value is -2.28. The fourth-order valence-electron chi connectivity index (χ4n) is 3.18. The van der Waals surface area contributed by atoms with E-state index in [2.05, 4.69) is 11.9 Å². The van der Waals surface area contributed by atoms with Crippen LogP contribution in [-0.2, 0) is 16.1 Å². The fourth-order valence-corrected chi connectivity index (χ4v) is 3.18. The summed E-state index contributed by atoms with van der Waals surface area (Å²) >= 11 is 0. The Morgan fingerprint density at radius 3 is 2.69 bits per heavy atom. The summed E-state index contributed by atoms with van der Waals surface area (Å²) in [6, 6.07) is 9.31. The molecule has 0 saturated heterocycles. The van der Waals surface area contributed by atoms with E-state index in [4.69, 9.17) is 9.84 Å². The molecule has 1 unspecified atom stereocenters. The molecule has 29 heavy (non-hydrogen) atoms.